The molecule has 3 aromatic heterocycles. The van der Waals surface area contributed by atoms with Gasteiger partial charge in [0.25, 0.3) is 0 Å². The van der Waals surface area contributed by atoms with E-state index in [4.69, 9.17) is 0 Å². The van der Waals surface area contributed by atoms with Gasteiger partial charge in [-0.05, 0) is 42.9 Å². The Hall–Kier alpha value is -3.22. The number of thiophene rings is 1. The van der Waals surface area contributed by atoms with Gasteiger partial charge in [-0.1, -0.05) is 36.9 Å². The summed E-state index contributed by atoms with van der Waals surface area (Å²) in [4.78, 5) is 22.7. The van der Waals surface area contributed by atoms with Crippen molar-refractivity contribution in [2.24, 2.45) is 5.92 Å². The van der Waals surface area contributed by atoms with Crippen LogP contribution in [0.3, 0.4) is 0 Å². The Kier molecular flexibility index (Phi) is 5.64. The van der Waals surface area contributed by atoms with E-state index in [0.717, 1.165) is 35.9 Å². The molecular weight excluding hydrogens is 440 g/mol. The zero-order chi connectivity index (χ0) is 22.1. The minimum Gasteiger partial charge on any atom is -0.316 e. The summed E-state index contributed by atoms with van der Waals surface area (Å²) in [5, 5.41) is 19.2. The molecule has 0 bridgehead atoms. The molecule has 1 atom stereocenters. The minimum atomic E-state index is -0.152. The average molecular weight is 461 g/mol. The first-order valence-electron chi connectivity index (χ1n) is 10.4. The fourth-order valence-electron chi connectivity index (χ4n) is 3.95. The number of aromatic nitrogens is 4. The SMILES string of the molecule is C[C@@H]1CCc2c(sc(NC(=O)CSc3ncnc4c3cnn4-c3ccccc3)c2C#N)C1. The van der Waals surface area contributed by atoms with Crippen LogP contribution in [-0.2, 0) is 17.6 Å². The number of carbonyl (C=O) groups is 1. The maximum atomic E-state index is 12.7. The van der Waals surface area contributed by atoms with E-state index in [1.807, 2.05) is 30.3 Å². The molecule has 0 unspecified atom stereocenters. The van der Waals surface area contributed by atoms with E-state index in [1.54, 1.807) is 22.2 Å². The number of para-hydroxylation sites is 1. The summed E-state index contributed by atoms with van der Waals surface area (Å²) in [6.45, 7) is 2.23. The molecule has 0 saturated heterocycles. The van der Waals surface area contributed by atoms with Gasteiger partial charge in [-0.2, -0.15) is 10.4 Å². The topological polar surface area (TPSA) is 96.5 Å². The Bertz CT molecular complexity index is 1340. The Morgan fingerprint density at radius 2 is 2.19 bits per heavy atom. The number of fused-ring (bicyclic) bond motifs is 2. The van der Waals surface area contributed by atoms with Gasteiger partial charge in [0.05, 0.1) is 28.6 Å². The molecule has 5 rings (SSSR count). The second kappa shape index (κ2) is 8.73. The molecule has 9 heteroatoms. The zero-order valence-electron chi connectivity index (χ0n) is 17.4. The lowest BCUT2D eigenvalue weighted by Gasteiger charge is -2.17. The molecular formula is C23H20N6OS2. The van der Waals surface area contributed by atoms with Crippen molar-refractivity contribution in [2.75, 3.05) is 11.1 Å². The van der Waals surface area contributed by atoms with Crippen LogP contribution in [0.5, 0.6) is 0 Å². The smallest absolute Gasteiger partial charge is 0.235 e. The predicted octanol–water partition coefficient (Wildman–Crippen LogP) is 4.60. The maximum Gasteiger partial charge on any atom is 0.235 e. The molecule has 1 aromatic carbocycles. The molecule has 0 saturated carbocycles. The molecule has 0 fully saturated rings. The highest BCUT2D eigenvalue weighted by Gasteiger charge is 2.24. The summed E-state index contributed by atoms with van der Waals surface area (Å²) < 4.78 is 1.76. The van der Waals surface area contributed by atoms with Gasteiger partial charge in [-0.15, -0.1) is 11.3 Å². The van der Waals surface area contributed by atoms with Gasteiger partial charge in [0.2, 0.25) is 5.91 Å². The molecule has 4 aromatic rings. The molecule has 0 aliphatic heterocycles. The number of rotatable bonds is 5. The molecule has 1 N–H and O–H groups in total. The van der Waals surface area contributed by atoms with Crippen molar-refractivity contribution in [3.05, 3.63) is 58.9 Å². The van der Waals surface area contributed by atoms with Crippen molar-refractivity contribution in [3.63, 3.8) is 0 Å². The van der Waals surface area contributed by atoms with Crippen LogP contribution < -0.4 is 5.32 Å². The van der Waals surface area contributed by atoms with Gasteiger partial charge in [0.15, 0.2) is 5.65 Å². The van der Waals surface area contributed by atoms with E-state index in [-0.39, 0.29) is 11.7 Å². The molecule has 1 amide bonds. The van der Waals surface area contributed by atoms with Crippen LogP contribution in [0.15, 0.2) is 47.9 Å². The number of thioether (sulfide) groups is 1. The van der Waals surface area contributed by atoms with Crippen LogP contribution >= 0.6 is 23.1 Å². The summed E-state index contributed by atoms with van der Waals surface area (Å²) in [6.07, 6.45) is 6.19. The molecule has 1 aliphatic carbocycles. The number of nitrogens with one attached hydrogen (secondary N) is 1. The van der Waals surface area contributed by atoms with Gasteiger partial charge < -0.3 is 5.32 Å². The van der Waals surface area contributed by atoms with E-state index in [9.17, 15) is 10.1 Å². The Morgan fingerprint density at radius 1 is 1.34 bits per heavy atom. The Morgan fingerprint density at radius 3 is 3.00 bits per heavy atom. The molecule has 3 heterocycles. The van der Waals surface area contributed by atoms with Crippen molar-refractivity contribution in [1.82, 2.24) is 19.7 Å². The summed E-state index contributed by atoms with van der Waals surface area (Å²) in [5.74, 6) is 0.649. The Labute approximate surface area is 193 Å². The third kappa shape index (κ3) is 3.87. The van der Waals surface area contributed by atoms with Crippen LogP contribution in [0.1, 0.15) is 29.3 Å². The molecule has 0 spiro atoms. The second-order valence-corrected chi connectivity index (χ2v) is 9.88. The number of anilines is 1. The minimum absolute atomic E-state index is 0.152. The van der Waals surface area contributed by atoms with Gasteiger partial charge in [0, 0.05) is 4.88 Å². The molecule has 32 heavy (non-hydrogen) atoms. The monoisotopic (exact) mass is 460 g/mol. The van der Waals surface area contributed by atoms with E-state index in [1.165, 1.54) is 23.0 Å². The van der Waals surface area contributed by atoms with E-state index < -0.39 is 0 Å². The predicted molar refractivity (Wildman–Crippen MR) is 126 cm³/mol. The largest absolute Gasteiger partial charge is 0.316 e. The number of hydrogen-bond acceptors (Lipinski definition) is 7. The lowest BCUT2D eigenvalue weighted by molar-refractivity contribution is -0.113. The maximum absolute atomic E-state index is 12.7. The highest BCUT2D eigenvalue weighted by atomic mass is 32.2. The van der Waals surface area contributed by atoms with E-state index in [2.05, 4.69) is 33.4 Å². The summed E-state index contributed by atoms with van der Waals surface area (Å²) in [7, 11) is 0. The van der Waals surface area contributed by atoms with Crippen LogP contribution in [-0.4, -0.2) is 31.4 Å². The lowest BCUT2D eigenvalue weighted by Crippen LogP contribution is -2.14. The van der Waals surface area contributed by atoms with Gasteiger partial charge in [-0.3, -0.25) is 4.79 Å². The van der Waals surface area contributed by atoms with Crippen molar-refractivity contribution in [2.45, 2.75) is 31.2 Å². The van der Waals surface area contributed by atoms with Gasteiger partial charge >= 0.3 is 0 Å². The molecule has 1 aliphatic rings. The third-order valence-electron chi connectivity index (χ3n) is 5.55. The van der Waals surface area contributed by atoms with Crippen LogP contribution in [0.25, 0.3) is 16.7 Å². The number of amides is 1. The number of hydrogen-bond donors (Lipinski definition) is 1. The fourth-order valence-corrected chi connectivity index (χ4v) is 6.09. The number of nitrogens with zero attached hydrogens (tertiary/aromatic N) is 5. The standard InChI is InChI=1S/C23H20N6OS2/c1-14-7-8-16-17(10-24)23(32-19(16)9-14)28-20(30)12-31-22-18-11-27-29(21(18)25-13-26-22)15-5-3-2-4-6-15/h2-6,11,13-14H,7-9,12H2,1H3,(H,28,30)/t14-/m1/s1. The number of carbonyl (C=O) groups excluding carboxylic acids is 1. The second-order valence-electron chi connectivity index (χ2n) is 7.81. The number of nitriles is 1. The number of benzene rings is 1. The van der Waals surface area contributed by atoms with Crippen molar-refractivity contribution in [3.8, 4) is 11.8 Å². The highest BCUT2D eigenvalue weighted by Crippen LogP contribution is 2.39. The zero-order valence-corrected chi connectivity index (χ0v) is 19.0. The summed E-state index contributed by atoms with van der Waals surface area (Å²) >= 11 is 2.88. The first-order valence-corrected chi connectivity index (χ1v) is 12.2. The van der Waals surface area contributed by atoms with Gasteiger partial charge in [0.1, 0.15) is 22.4 Å². The fraction of sp³-hybridized carbons (Fsp3) is 0.261. The van der Waals surface area contributed by atoms with Crippen LogP contribution in [0, 0.1) is 17.2 Å². The first kappa shape index (κ1) is 20.7. The average Bonchev–Trinajstić information content (AvgIpc) is 3.39. The van der Waals surface area contributed by atoms with Crippen LogP contribution in [0.4, 0.5) is 5.00 Å². The molecule has 160 valence electrons. The normalized spacial score (nSPS) is 15.3. The van der Waals surface area contributed by atoms with Crippen molar-refractivity contribution >= 4 is 45.0 Å². The van der Waals surface area contributed by atoms with E-state index in [0.29, 0.717) is 27.2 Å². The van der Waals surface area contributed by atoms with E-state index >= 15 is 0 Å². The quantitative estimate of drug-likeness (QED) is 0.345. The van der Waals surface area contributed by atoms with Crippen LogP contribution in [0.2, 0.25) is 0 Å². The first-order chi connectivity index (χ1) is 15.6. The summed E-state index contributed by atoms with van der Waals surface area (Å²) in [6, 6.07) is 12.1. The lowest BCUT2D eigenvalue weighted by atomic mass is 9.89. The highest BCUT2D eigenvalue weighted by molar-refractivity contribution is 8.00. The van der Waals surface area contributed by atoms with Crippen molar-refractivity contribution in [1.29, 1.82) is 5.26 Å². The van der Waals surface area contributed by atoms with Crippen molar-refractivity contribution < 1.29 is 4.79 Å². The Balaban J connectivity index is 1.32. The van der Waals surface area contributed by atoms with Gasteiger partial charge in [-0.25, -0.2) is 14.6 Å². The summed E-state index contributed by atoms with van der Waals surface area (Å²) in [5.41, 5.74) is 3.35. The molecule has 0 radical (unpaired) electrons. The molecule has 7 nitrogen and oxygen atoms in total. The third-order valence-corrected chi connectivity index (χ3v) is 7.72.